The molecule has 1 aliphatic rings. The number of carbonyl (C=O) groups excluding carboxylic acids is 1. The van der Waals surface area contributed by atoms with Crippen molar-refractivity contribution in [1.29, 1.82) is 0 Å². The molecule has 2 heterocycles. The third kappa shape index (κ3) is 3.89. The molecule has 29 heavy (non-hydrogen) atoms. The maximum absolute atomic E-state index is 13.2. The molecule has 0 aliphatic carbocycles. The fourth-order valence-electron chi connectivity index (χ4n) is 4.19. The number of piperidine rings is 1. The summed E-state index contributed by atoms with van der Waals surface area (Å²) in [6.07, 6.45) is 5.01. The number of fused-ring (bicyclic) bond motifs is 1. The predicted octanol–water partition coefficient (Wildman–Crippen LogP) is 1.39. The number of rotatable bonds is 4. The Morgan fingerprint density at radius 3 is 2.66 bits per heavy atom. The Bertz CT molecular complexity index is 1030. The van der Waals surface area contributed by atoms with Crippen LogP contribution < -0.4 is 11.2 Å². The summed E-state index contributed by atoms with van der Waals surface area (Å²) in [7, 11) is -1.59. The number of likely N-dealkylation sites (tertiary alicyclic amines) is 1. The fraction of sp³-hybridized carbons (Fsp3) is 0.273. The number of carbonyl (C=O) groups is 1. The average Bonchev–Trinajstić information content (AvgIpc) is 2.78. The molecule has 1 aliphatic heterocycles. The molecule has 3 aromatic rings. The molecule has 1 fully saturated rings. The highest BCUT2D eigenvalue weighted by Gasteiger charge is 2.26. The van der Waals surface area contributed by atoms with Gasteiger partial charge >= 0.3 is 7.12 Å². The number of hydrogen-bond donors (Lipinski definition) is 3. The minimum Gasteiger partial charge on any atom is -0.423 e. The van der Waals surface area contributed by atoms with Crippen LogP contribution in [0.2, 0.25) is 0 Å². The van der Waals surface area contributed by atoms with Gasteiger partial charge in [-0.2, -0.15) is 0 Å². The van der Waals surface area contributed by atoms with E-state index in [4.69, 9.17) is 5.73 Å². The Morgan fingerprint density at radius 1 is 1.14 bits per heavy atom. The van der Waals surface area contributed by atoms with E-state index >= 15 is 0 Å². The second-order valence-corrected chi connectivity index (χ2v) is 7.51. The van der Waals surface area contributed by atoms with E-state index in [0.717, 1.165) is 18.4 Å². The minimum absolute atomic E-state index is 0.0452. The monoisotopic (exact) mass is 389 g/mol. The van der Waals surface area contributed by atoms with E-state index in [1.54, 1.807) is 30.6 Å². The van der Waals surface area contributed by atoms with Crippen LogP contribution in [0.3, 0.4) is 0 Å². The van der Waals surface area contributed by atoms with Crippen molar-refractivity contribution in [2.24, 2.45) is 5.73 Å². The van der Waals surface area contributed by atoms with Crippen LogP contribution >= 0.6 is 0 Å². The third-order valence-electron chi connectivity index (χ3n) is 5.80. The van der Waals surface area contributed by atoms with E-state index in [-0.39, 0.29) is 5.91 Å². The lowest BCUT2D eigenvalue weighted by Gasteiger charge is -2.32. The predicted molar refractivity (Wildman–Crippen MR) is 114 cm³/mol. The standard InChI is InChI=1S/C22H24BN3O3/c24-13-15-2-1-3-17(12-15)16-7-10-26(11-8-16)22(27)19-4-5-21(23(28)29)18-6-9-25-14-20(18)19/h1-6,9,12,14,16,28-29H,7-8,10-11,13,24H2. The highest BCUT2D eigenvalue weighted by molar-refractivity contribution is 6.62. The van der Waals surface area contributed by atoms with Gasteiger partial charge in [0.05, 0.1) is 0 Å². The SMILES string of the molecule is NCc1cccc(C2CCN(C(=O)c3ccc(B(O)O)c4ccncc34)CC2)c1. The smallest absolute Gasteiger partial charge is 0.423 e. The molecule has 1 amide bonds. The molecule has 0 spiro atoms. The highest BCUT2D eigenvalue weighted by atomic mass is 16.4. The summed E-state index contributed by atoms with van der Waals surface area (Å²) in [4.78, 5) is 19.2. The van der Waals surface area contributed by atoms with Crippen LogP contribution in [0.1, 0.15) is 40.2 Å². The van der Waals surface area contributed by atoms with Gasteiger partial charge in [-0.1, -0.05) is 30.3 Å². The van der Waals surface area contributed by atoms with E-state index < -0.39 is 7.12 Å². The summed E-state index contributed by atoms with van der Waals surface area (Å²) < 4.78 is 0. The molecule has 0 radical (unpaired) electrons. The first-order chi connectivity index (χ1) is 14.1. The molecule has 4 rings (SSSR count). The second kappa shape index (κ2) is 8.33. The van der Waals surface area contributed by atoms with Crippen molar-refractivity contribution in [3.63, 3.8) is 0 Å². The lowest BCUT2D eigenvalue weighted by atomic mass is 9.76. The Hall–Kier alpha value is -2.74. The molecule has 4 N–H and O–H groups in total. The van der Waals surface area contributed by atoms with Crippen molar-refractivity contribution in [3.05, 3.63) is 71.5 Å². The van der Waals surface area contributed by atoms with Gasteiger partial charge in [-0.05, 0) is 52.9 Å². The van der Waals surface area contributed by atoms with Gasteiger partial charge in [0.15, 0.2) is 0 Å². The van der Waals surface area contributed by atoms with Crippen LogP contribution in [-0.4, -0.2) is 46.0 Å². The molecule has 0 bridgehead atoms. The van der Waals surface area contributed by atoms with Crippen molar-refractivity contribution < 1.29 is 14.8 Å². The first-order valence-corrected chi connectivity index (χ1v) is 9.89. The van der Waals surface area contributed by atoms with Crippen molar-refractivity contribution in [2.75, 3.05) is 13.1 Å². The molecule has 7 heteroatoms. The van der Waals surface area contributed by atoms with Gasteiger partial charge < -0.3 is 20.7 Å². The van der Waals surface area contributed by atoms with Crippen molar-refractivity contribution in [2.45, 2.75) is 25.3 Å². The Morgan fingerprint density at radius 2 is 1.93 bits per heavy atom. The van der Waals surface area contributed by atoms with Gasteiger partial charge in [0.2, 0.25) is 0 Å². The number of benzene rings is 2. The molecule has 1 aromatic heterocycles. The van der Waals surface area contributed by atoms with E-state index in [9.17, 15) is 14.8 Å². The van der Waals surface area contributed by atoms with Crippen molar-refractivity contribution in [1.82, 2.24) is 9.88 Å². The van der Waals surface area contributed by atoms with E-state index in [1.165, 1.54) is 5.56 Å². The number of pyridine rings is 1. The fourth-order valence-corrected chi connectivity index (χ4v) is 4.19. The first kappa shape index (κ1) is 19.6. The average molecular weight is 389 g/mol. The molecule has 148 valence electrons. The normalized spacial score (nSPS) is 14.9. The van der Waals surface area contributed by atoms with Crippen LogP contribution in [0.15, 0.2) is 54.9 Å². The van der Waals surface area contributed by atoms with Crippen LogP contribution in [0, 0.1) is 0 Å². The Balaban J connectivity index is 1.54. The number of hydrogen-bond acceptors (Lipinski definition) is 5. The first-order valence-electron chi connectivity index (χ1n) is 9.89. The number of aromatic nitrogens is 1. The Labute approximate surface area is 170 Å². The van der Waals surface area contributed by atoms with Gasteiger partial charge in [-0.3, -0.25) is 9.78 Å². The minimum atomic E-state index is -1.59. The van der Waals surface area contributed by atoms with Gasteiger partial charge in [-0.25, -0.2) is 0 Å². The second-order valence-electron chi connectivity index (χ2n) is 7.51. The van der Waals surface area contributed by atoms with Crippen LogP contribution in [0.4, 0.5) is 0 Å². The summed E-state index contributed by atoms with van der Waals surface area (Å²) in [6.45, 7) is 1.90. The Kier molecular flexibility index (Phi) is 5.62. The number of nitrogens with zero attached hydrogens (tertiary/aromatic N) is 2. The summed E-state index contributed by atoms with van der Waals surface area (Å²) >= 11 is 0. The van der Waals surface area contributed by atoms with Crippen LogP contribution in [0.25, 0.3) is 10.8 Å². The summed E-state index contributed by atoms with van der Waals surface area (Å²) in [5.74, 6) is 0.381. The third-order valence-corrected chi connectivity index (χ3v) is 5.80. The molecule has 0 atom stereocenters. The largest absolute Gasteiger partial charge is 0.489 e. The van der Waals surface area contributed by atoms with Crippen molar-refractivity contribution >= 4 is 29.3 Å². The maximum atomic E-state index is 13.2. The van der Waals surface area contributed by atoms with Crippen molar-refractivity contribution in [3.8, 4) is 0 Å². The summed E-state index contributed by atoms with van der Waals surface area (Å²) in [5, 5.41) is 20.5. The molecule has 0 unspecified atom stereocenters. The molecule has 6 nitrogen and oxygen atoms in total. The molecular formula is C22H24BN3O3. The molecule has 2 aromatic carbocycles. The van der Waals surface area contributed by atoms with Crippen LogP contribution in [0.5, 0.6) is 0 Å². The van der Waals surface area contributed by atoms with Gasteiger partial charge in [0.1, 0.15) is 0 Å². The number of nitrogens with two attached hydrogens (primary N) is 1. The van der Waals surface area contributed by atoms with E-state index in [1.807, 2.05) is 17.0 Å². The van der Waals surface area contributed by atoms with Gasteiger partial charge in [0, 0.05) is 43.0 Å². The lowest BCUT2D eigenvalue weighted by molar-refractivity contribution is 0.0715. The molecular weight excluding hydrogens is 365 g/mol. The van der Waals surface area contributed by atoms with Crippen LogP contribution in [-0.2, 0) is 6.54 Å². The molecule has 0 saturated carbocycles. The van der Waals surface area contributed by atoms with E-state index in [2.05, 4.69) is 17.1 Å². The summed E-state index contributed by atoms with van der Waals surface area (Å²) in [5.41, 5.74) is 9.09. The zero-order valence-electron chi connectivity index (χ0n) is 16.2. The van der Waals surface area contributed by atoms with E-state index in [0.29, 0.717) is 47.4 Å². The summed E-state index contributed by atoms with van der Waals surface area (Å²) in [6, 6.07) is 13.4. The topological polar surface area (TPSA) is 99.7 Å². The quantitative estimate of drug-likeness (QED) is 0.586. The van der Waals surface area contributed by atoms with Gasteiger partial charge in [-0.15, -0.1) is 0 Å². The zero-order chi connectivity index (χ0) is 20.4. The molecule has 1 saturated heterocycles. The zero-order valence-corrected chi connectivity index (χ0v) is 16.2. The maximum Gasteiger partial charge on any atom is 0.489 e. The van der Waals surface area contributed by atoms with Gasteiger partial charge in [0.25, 0.3) is 5.91 Å². The highest BCUT2D eigenvalue weighted by Crippen LogP contribution is 2.30. The lowest BCUT2D eigenvalue weighted by Crippen LogP contribution is -2.38. The number of amides is 1.